The van der Waals surface area contributed by atoms with Crippen LogP contribution in [0.5, 0.6) is 0 Å². The Bertz CT molecular complexity index is 215. The molecule has 0 heterocycles. The summed E-state index contributed by atoms with van der Waals surface area (Å²) in [4.78, 5) is 12.7. The van der Waals surface area contributed by atoms with E-state index in [1.165, 1.54) is 4.90 Å². The van der Waals surface area contributed by atoms with Crippen LogP contribution in [0.3, 0.4) is 0 Å². The Morgan fingerprint density at radius 1 is 1.64 bits per heavy atom. The zero-order valence-electron chi connectivity index (χ0n) is 8.82. The molecule has 0 aromatic heterocycles. The van der Waals surface area contributed by atoms with Crippen LogP contribution in [0.2, 0.25) is 0 Å². The lowest BCUT2D eigenvalue weighted by atomic mass is 10.2. The number of oxime groups is 1. The smallest absolute Gasteiger partial charge is 0.236 e. The van der Waals surface area contributed by atoms with Gasteiger partial charge in [0.15, 0.2) is 0 Å². The Labute approximate surface area is 83.7 Å². The molecule has 6 nitrogen and oxygen atoms in total. The van der Waals surface area contributed by atoms with Crippen molar-refractivity contribution in [3.8, 4) is 0 Å². The summed E-state index contributed by atoms with van der Waals surface area (Å²) in [5.74, 6) is 0.152. The number of carbonyl (C=O) groups is 1. The van der Waals surface area contributed by atoms with Gasteiger partial charge in [0.2, 0.25) is 5.91 Å². The van der Waals surface area contributed by atoms with E-state index in [0.717, 1.165) is 0 Å². The molecule has 6 heteroatoms. The van der Waals surface area contributed by atoms with Crippen LogP contribution in [0.25, 0.3) is 0 Å². The highest BCUT2D eigenvalue weighted by molar-refractivity contribution is 5.80. The first-order chi connectivity index (χ1) is 6.47. The number of carbonyl (C=O) groups excluding carboxylic acids is 1. The maximum absolute atomic E-state index is 11.2. The first-order valence-electron chi connectivity index (χ1n) is 4.37. The maximum atomic E-state index is 11.2. The Morgan fingerprint density at radius 3 is 2.64 bits per heavy atom. The van der Waals surface area contributed by atoms with Gasteiger partial charge in [0, 0.05) is 26.6 Å². The second-order valence-corrected chi connectivity index (χ2v) is 3.37. The van der Waals surface area contributed by atoms with E-state index in [9.17, 15) is 4.79 Å². The van der Waals surface area contributed by atoms with Gasteiger partial charge in [-0.1, -0.05) is 5.16 Å². The average molecular weight is 202 g/mol. The van der Waals surface area contributed by atoms with E-state index >= 15 is 0 Å². The number of nitrogens with one attached hydrogen (secondary N) is 1. The third kappa shape index (κ3) is 5.36. The van der Waals surface area contributed by atoms with Gasteiger partial charge in [-0.2, -0.15) is 0 Å². The first kappa shape index (κ1) is 12.7. The monoisotopic (exact) mass is 202 g/mol. The predicted molar refractivity (Wildman–Crippen MR) is 54.2 cm³/mol. The fraction of sp³-hybridized carbons (Fsp3) is 0.750. The molecule has 0 saturated carbocycles. The Morgan fingerprint density at radius 2 is 2.21 bits per heavy atom. The van der Waals surface area contributed by atoms with Crippen molar-refractivity contribution >= 4 is 11.7 Å². The molecule has 0 aromatic carbocycles. The third-order valence-corrected chi connectivity index (χ3v) is 1.74. The van der Waals surface area contributed by atoms with Crippen molar-refractivity contribution in [2.24, 2.45) is 10.9 Å². The average Bonchev–Trinajstić information content (AvgIpc) is 2.13. The van der Waals surface area contributed by atoms with Crippen molar-refractivity contribution in [3.63, 3.8) is 0 Å². The molecule has 82 valence electrons. The lowest BCUT2D eigenvalue weighted by Crippen LogP contribution is -2.39. The van der Waals surface area contributed by atoms with E-state index in [2.05, 4.69) is 10.5 Å². The number of amides is 1. The van der Waals surface area contributed by atoms with Gasteiger partial charge in [0.25, 0.3) is 0 Å². The molecule has 1 amide bonds. The van der Waals surface area contributed by atoms with Crippen molar-refractivity contribution in [1.29, 1.82) is 0 Å². The summed E-state index contributed by atoms with van der Waals surface area (Å²) in [6, 6.07) is 0.00907. The molecule has 0 fully saturated rings. The Hall–Kier alpha value is -1.30. The maximum Gasteiger partial charge on any atom is 0.236 e. The number of nitrogens with zero attached hydrogens (tertiary/aromatic N) is 2. The van der Waals surface area contributed by atoms with Crippen molar-refractivity contribution in [3.05, 3.63) is 0 Å². The van der Waals surface area contributed by atoms with E-state index < -0.39 is 0 Å². The molecular weight excluding hydrogens is 184 g/mol. The minimum atomic E-state index is -0.00337. The molecule has 0 aliphatic rings. The van der Waals surface area contributed by atoms with Crippen LogP contribution in [0.1, 0.15) is 13.3 Å². The SMILES string of the molecule is CC(CC(N)=NO)NCC(=O)N(C)C. The molecule has 14 heavy (non-hydrogen) atoms. The second-order valence-electron chi connectivity index (χ2n) is 3.37. The van der Waals surface area contributed by atoms with E-state index in [-0.39, 0.29) is 24.3 Å². The van der Waals surface area contributed by atoms with Crippen LogP contribution in [-0.4, -0.2) is 48.5 Å². The van der Waals surface area contributed by atoms with E-state index in [0.29, 0.717) is 6.42 Å². The van der Waals surface area contributed by atoms with Crippen LogP contribution in [0.15, 0.2) is 5.16 Å². The largest absolute Gasteiger partial charge is 0.409 e. The molecule has 4 N–H and O–H groups in total. The second kappa shape index (κ2) is 6.20. The molecule has 1 atom stereocenters. The van der Waals surface area contributed by atoms with Crippen molar-refractivity contribution < 1.29 is 10.0 Å². The van der Waals surface area contributed by atoms with Crippen molar-refractivity contribution in [1.82, 2.24) is 10.2 Å². The summed E-state index contributed by atoms with van der Waals surface area (Å²) in [5, 5.41) is 14.1. The molecule has 0 saturated heterocycles. The molecule has 0 aromatic rings. The van der Waals surface area contributed by atoms with E-state index in [4.69, 9.17) is 10.9 Å². The molecule has 0 spiro atoms. The normalized spacial score (nSPS) is 13.8. The minimum absolute atomic E-state index is 0.00337. The van der Waals surface area contributed by atoms with Crippen LogP contribution in [-0.2, 0) is 4.79 Å². The van der Waals surface area contributed by atoms with Crippen LogP contribution >= 0.6 is 0 Å². The fourth-order valence-electron chi connectivity index (χ4n) is 0.846. The summed E-state index contributed by atoms with van der Waals surface area (Å²) in [5.41, 5.74) is 5.30. The lowest BCUT2D eigenvalue weighted by molar-refractivity contribution is -0.127. The van der Waals surface area contributed by atoms with Gasteiger partial charge in [0.1, 0.15) is 5.84 Å². The zero-order valence-corrected chi connectivity index (χ0v) is 8.82. The van der Waals surface area contributed by atoms with Crippen molar-refractivity contribution in [2.45, 2.75) is 19.4 Å². The summed E-state index contributed by atoms with van der Waals surface area (Å²) in [7, 11) is 3.39. The number of hydrogen-bond donors (Lipinski definition) is 3. The summed E-state index contributed by atoms with van der Waals surface area (Å²) in [6.07, 6.45) is 0.414. The first-order valence-corrected chi connectivity index (χ1v) is 4.37. The molecule has 0 radical (unpaired) electrons. The molecule has 0 aliphatic heterocycles. The number of rotatable bonds is 5. The highest BCUT2D eigenvalue weighted by Gasteiger charge is 2.08. The van der Waals surface area contributed by atoms with Gasteiger partial charge >= 0.3 is 0 Å². The van der Waals surface area contributed by atoms with E-state index in [1.54, 1.807) is 14.1 Å². The van der Waals surface area contributed by atoms with Gasteiger partial charge in [-0.3, -0.25) is 4.79 Å². The Kier molecular flexibility index (Phi) is 5.62. The minimum Gasteiger partial charge on any atom is -0.409 e. The predicted octanol–water partition coefficient (Wildman–Crippen LogP) is -0.811. The highest BCUT2D eigenvalue weighted by Crippen LogP contribution is 1.90. The van der Waals surface area contributed by atoms with Crippen LogP contribution in [0.4, 0.5) is 0 Å². The number of likely N-dealkylation sites (N-methyl/N-ethyl adjacent to an activating group) is 1. The van der Waals surface area contributed by atoms with Crippen LogP contribution < -0.4 is 11.1 Å². The fourth-order valence-corrected chi connectivity index (χ4v) is 0.846. The number of nitrogens with two attached hydrogens (primary N) is 1. The van der Waals surface area contributed by atoms with Gasteiger partial charge in [0.05, 0.1) is 6.54 Å². The molecule has 0 rings (SSSR count). The summed E-state index contributed by atoms with van der Waals surface area (Å²) >= 11 is 0. The quantitative estimate of drug-likeness (QED) is 0.235. The Balaban J connectivity index is 3.74. The van der Waals surface area contributed by atoms with Crippen LogP contribution in [0, 0.1) is 0 Å². The zero-order chi connectivity index (χ0) is 11.1. The molecule has 0 bridgehead atoms. The highest BCUT2D eigenvalue weighted by atomic mass is 16.4. The molecule has 0 aliphatic carbocycles. The molecule has 1 unspecified atom stereocenters. The van der Waals surface area contributed by atoms with Crippen molar-refractivity contribution in [2.75, 3.05) is 20.6 Å². The van der Waals surface area contributed by atoms with Gasteiger partial charge in [-0.25, -0.2) is 0 Å². The van der Waals surface area contributed by atoms with Gasteiger partial charge in [-0.05, 0) is 6.92 Å². The summed E-state index contributed by atoms with van der Waals surface area (Å²) < 4.78 is 0. The molecular formula is C8H18N4O2. The van der Waals surface area contributed by atoms with Gasteiger partial charge in [-0.15, -0.1) is 0 Å². The topological polar surface area (TPSA) is 91.0 Å². The number of amidine groups is 1. The third-order valence-electron chi connectivity index (χ3n) is 1.74. The standard InChI is InChI=1S/C8H18N4O2/c1-6(4-7(9)11-14)10-5-8(13)12(2)3/h6,10,14H,4-5H2,1-3H3,(H2,9,11). The van der Waals surface area contributed by atoms with Gasteiger partial charge < -0.3 is 21.2 Å². The summed E-state index contributed by atoms with van der Waals surface area (Å²) in [6.45, 7) is 2.12. The number of hydrogen-bond acceptors (Lipinski definition) is 4. The lowest BCUT2D eigenvalue weighted by Gasteiger charge is -2.15. The van der Waals surface area contributed by atoms with E-state index in [1.807, 2.05) is 6.92 Å².